The van der Waals surface area contributed by atoms with Crippen molar-refractivity contribution < 1.29 is 0 Å². The molecule has 1 aromatic heterocycles. The number of anilines is 6. The van der Waals surface area contributed by atoms with Crippen LogP contribution in [0.2, 0.25) is 0 Å². The first-order valence-electron chi connectivity index (χ1n) is 28.0. The Balaban J connectivity index is 1.20. The molecule has 2 aliphatic heterocycles. The Kier molecular flexibility index (Phi) is 9.70. The van der Waals surface area contributed by atoms with Crippen LogP contribution in [0.4, 0.5) is 34.1 Å². The highest BCUT2D eigenvalue weighted by atomic mass is 32.1. The van der Waals surface area contributed by atoms with Crippen molar-refractivity contribution in [1.82, 2.24) is 0 Å². The van der Waals surface area contributed by atoms with Crippen molar-refractivity contribution in [1.29, 1.82) is 0 Å². The summed E-state index contributed by atoms with van der Waals surface area (Å²) in [6.07, 6.45) is 8.54. The largest absolute Gasteiger partial charge is 0.311 e. The summed E-state index contributed by atoms with van der Waals surface area (Å²) >= 11 is 2.10. The van der Waals surface area contributed by atoms with E-state index in [0.29, 0.717) is 0 Å². The Bertz CT molecular complexity index is 3510. The molecule has 1 saturated carbocycles. The SMILES string of the molecule is CC(C)(C)c1ccc2c(c1)B1c3sc4cc5c(cc4c3N(c3cc4c(cc3-c3ccccc3)C(C)(C)CCC4(C)C)c3cc(C(C)(C)C)cc(c31)N2c1ccc2c(c1)C(C)(C)CCC2(C)C)C1(C)CCC5(C)C1. The van der Waals surface area contributed by atoms with E-state index in [1.807, 2.05) is 0 Å². The molecule has 13 rings (SSSR count). The fraction of sp³-hybridized carbons (Fsp3) is 0.449. The van der Waals surface area contributed by atoms with Gasteiger partial charge in [0.05, 0.1) is 11.4 Å². The molecule has 7 aromatic rings. The van der Waals surface area contributed by atoms with Gasteiger partial charge in [-0.3, -0.25) is 0 Å². The molecule has 2 unspecified atom stereocenters. The van der Waals surface area contributed by atoms with Crippen LogP contribution in [-0.2, 0) is 43.3 Å². The molecular weight excluding hydrogens is 900 g/mol. The van der Waals surface area contributed by atoms with Crippen LogP contribution in [0.1, 0.15) is 200 Å². The summed E-state index contributed by atoms with van der Waals surface area (Å²) in [5, 5.41) is 1.43. The molecule has 2 bridgehead atoms. The number of nitrogens with zero attached hydrogens (tertiary/aromatic N) is 2. The van der Waals surface area contributed by atoms with Crippen LogP contribution in [0, 0.1) is 0 Å². The molecule has 73 heavy (non-hydrogen) atoms. The number of benzene rings is 6. The standard InChI is InChI=1S/C69H79BN2S/c1-62(2,3)42-22-25-54-53(32-42)70-59-56(71(54)44-23-24-47-48(35-44)65(9,10)27-26-64(47,7)8)33-43(63(4,5)6)34-57(59)72(60-46-37-51-52(39-58(46)73-61(60)70)69(16)31-30-68(51,15)40-69)55-38-50-49(66(11,12)28-29-67(50,13)14)36-45(55)41-20-18-17-19-21-41/h17-25,32-39H,26-31,40H2,1-16H3. The minimum absolute atomic E-state index is 0.0244. The van der Waals surface area contributed by atoms with Crippen molar-refractivity contribution in [3.05, 3.63) is 148 Å². The Labute approximate surface area is 443 Å². The predicted molar refractivity (Wildman–Crippen MR) is 318 cm³/mol. The molecular formula is C69H79BN2S. The molecule has 0 spiro atoms. The van der Waals surface area contributed by atoms with E-state index < -0.39 is 0 Å². The highest BCUT2D eigenvalue weighted by molar-refractivity contribution is 7.33. The molecule has 3 heterocycles. The maximum atomic E-state index is 2.85. The van der Waals surface area contributed by atoms with Crippen LogP contribution in [0.5, 0.6) is 0 Å². The fourth-order valence-electron chi connectivity index (χ4n) is 15.4. The van der Waals surface area contributed by atoms with Crippen molar-refractivity contribution in [3.63, 3.8) is 0 Å². The summed E-state index contributed by atoms with van der Waals surface area (Å²) in [4.78, 5) is 5.56. The van der Waals surface area contributed by atoms with E-state index in [4.69, 9.17) is 0 Å². The molecule has 2 nitrogen and oxygen atoms in total. The molecule has 0 amide bonds. The van der Waals surface area contributed by atoms with Gasteiger partial charge in [0.25, 0.3) is 6.71 Å². The predicted octanol–water partition coefficient (Wildman–Crippen LogP) is 17.7. The van der Waals surface area contributed by atoms with Crippen LogP contribution >= 0.6 is 11.3 Å². The summed E-state index contributed by atoms with van der Waals surface area (Å²) in [6, 6.07) is 42.6. The van der Waals surface area contributed by atoms with Gasteiger partial charge in [-0.15, -0.1) is 11.3 Å². The fourth-order valence-corrected chi connectivity index (χ4v) is 16.7. The normalized spacial score (nSPS) is 23.4. The first kappa shape index (κ1) is 47.6. The number of thiophene rings is 1. The lowest BCUT2D eigenvalue weighted by atomic mass is 9.36. The zero-order valence-corrected chi connectivity index (χ0v) is 48.0. The van der Waals surface area contributed by atoms with Crippen molar-refractivity contribution in [2.45, 2.75) is 199 Å². The van der Waals surface area contributed by atoms with E-state index in [1.165, 1.54) is 149 Å². The Hall–Kier alpha value is -5.06. The quantitative estimate of drug-likeness (QED) is 0.163. The van der Waals surface area contributed by atoms with Gasteiger partial charge in [0, 0.05) is 43.2 Å². The van der Waals surface area contributed by atoms with E-state index in [9.17, 15) is 0 Å². The van der Waals surface area contributed by atoms with Crippen LogP contribution in [0.3, 0.4) is 0 Å². The Morgan fingerprint density at radius 1 is 0.466 bits per heavy atom. The van der Waals surface area contributed by atoms with E-state index in [-0.39, 0.29) is 50.0 Å². The van der Waals surface area contributed by atoms with Crippen LogP contribution in [-0.4, -0.2) is 6.71 Å². The molecule has 4 aliphatic carbocycles. The zero-order chi connectivity index (χ0) is 51.5. The van der Waals surface area contributed by atoms with Crippen LogP contribution in [0.25, 0.3) is 21.2 Å². The third kappa shape index (κ3) is 6.79. The third-order valence-electron chi connectivity index (χ3n) is 20.2. The summed E-state index contributed by atoms with van der Waals surface area (Å²) < 4.78 is 2.92. The number of fused-ring (bicyclic) bond motifs is 13. The summed E-state index contributed by atoms with van der Waals surface area (Å²) in [5.74, 6) is 0. The molecule has 0 saturated heterocycles. The van der Waals surface area contributed by atoms with Crippen LogP contribution in [0.15, 0.2) is 103 Å². The van der Waals surface area contributed by atoms with E-state index in [0.717, 1.165) is 0 Å². The van der Waals surface area contributed by atoms with E-state index in [2.05, 4.69) is 235 Å². The highest BCUT2D eigenvalue weighted by Crippen LogP contribution is 2.63. The number of rotatable bonds is 3. The van der Waals surface area contributed by atoms with E-state index >= 15 is 0 Å². The summed E-state index contributed by atoms with van der Waals surface area (Å²) in [7, 11) is 0. The second kappa shape index (κ2) is 14.9. The number of hydrogen-bond acceptors (Lipinski definition) is 3. The number of hydrogen-bond donors (Lipinski definition) is 0. The summed E-state index contributed by atoms with van der Waals surface area (Å²) in [6.45, 7) is 39.5. The lowest BCUT2D eigenvalue weighted by Gasteiger charge is -2.47. The smallest absolute Gasteiger partial charge is 0.264 e. The molecule has 1 fully saturated rings. The Morgan fingerprint density at radius 3 is 1.64 bits per heavy atom. The molecule has 374 valence electrons. The van der Waals surface area contributed by atoms with Gasteiger partial charge < -0.3 is 9.80 Å². The minimum Gasteiger partial charge on any atom is -0.311 e. The first-order chi connectivity index (χ1) is 34.1. The van der Waals surface area contributed by atoms with Crippen molar-refractivity contribution in [3.8, 4) is 11.1 Å². The van der Waals surface area contributed by atoms with Gasteiger partial charge in [0.1, 0.15) is 0 Å². The summed E-state index contributed by atoms with van der Waals surface area (Å²) in [5.41, 5.74) is 26.0. The van der Waals surface area contributed by atoms with Crippen LogP contribution < -0.4 is 25.5 Å². The molecule has 4 heteroatoms. The minimum atomic E-state index is -0.123. The third-order valence-corrected chi connectivity index (χ3v) is 21.4. The van der Waals surface area contributed by atoms with Gasteiger partial charge in [0.15, 0.2) is 0 Å². The maximum Gasteiger partial charge on any atom is 0.264 e. The average Bonchev–Trinajstić information content (AvgIpc) is 3.94. The topological polar surface area (TPSA) is 6.48 Å². The molecule has 6 aliphatic rings. The molecule has 6 aromatic carbocycles. The van der Waals surface area contributed by atoms with E-state index in [1.54, 1.807) is 11.1 Å². The molecule has 2 atom stereocenters. The van der Waals surface area contributed by atoms with Crippen molar-refractivity contribution in [2.24, 2.45) is 0 Å². The highest BCUT2D eigenvalue weighted by Gasteiger charge is 2.54. The van der Waals surface area contributed by atoms with Gasteiger partial charge in [-0.05, 0) is 204 Å². The first-order valence-corrected chi connectivity index (χ1v) is 28.9. The van der Waals surface area contributed by atoms with Gasteiger partial charge in [-0.2, -0.15) is 0 Å². The van der Waals surface area contributed by atoms with Gasteiger partial charge in [-0.25, -0.2) is 0 Å². The zero-order valence-electron chi connectivity index (χ0n) is 47.1. The maximum absolute atomic E-state index is 2.85. The lowest BCUT2D eigenvalue weighted by molar-refractivity contribution is 0.332. The van der Waals surface area contributed by atoms with Crippen molar-refractivity contribution >= 4 is 78.0 Å². The van der Waals surface area contributed by atoms with Crippen molar-refractivity contribution in [2.75, 3.05) is 9.80 Å². The monoisotopic (exact) mass is 979 g/mol. The lowest BCUT2D eigenvalue weighted by Crippen LogP contribution is -2.60. The molecule has 0 radical (unpaired) electrons. The molecule has 0 N–H and O–H groups in total. The van der Waals surface area contributed by atoms with Gasteiger partial charge in [-0.1, -0.05) is 159 Å². The Morgan fingerprint density at radius 2 is 1.03 bits per heavy atom. The second-order valence-electron chi connectivity index (χ2n) is 29.4. The second-order valence-corrected chi connectivity index (χ2v) is 30.4. The van der Waals surface area contributed by atoms with Gasteiger partial charge >= 0.3 is 0 Å². The van der Waals surface area contributed by atoms with Gasteiger partial charge in [0.2, 0.25) is 0 Å². The average molecular weight is 979 g/mol.